The highest BCUT2D eigenvalue weighted by molar-refractivity contribution is 6.30. The van der Waals surface area contributed by atoms with Gasteiger partial charge in [-0.1, -0.05) is 11.6 Å². The number of nitrogens with zero attached hydrogens (tertiary/aromatic N) is 1. The maximum Gasteiger partial charge on any atom is 0.337 e. The molecular formula is C27H19ClF2N2O3. The van der Waals surface area contributed by atoms with E-state index in [1.807, 2.05) is 12.1 Å². The Balaban J connectivity index is 1.58. The zero-order valence-electron chi connectivity index (χ0n) is 18.4. The molecule has 4 aromatic rings. The Labute approximate surface area is 205 Å². The van der Waals surface area contributed by atoms with E-state index in [-0.39, 0.29) is 28.3 Å². The summed E-state index contributed by atoms with van der Waals surface area (Å²) in [4.78, 5) is 26.4. The molecule has 176 valence electrons. The fourth-order valence-electron chi connectivity index (χ4n) is 3.55. The lowest BCUT2D eigenvalue weighted by Crippen LogP contribution is -2.15. The molecule has 2 N–H and O–H groups in total. The number of benzene rings is 4. The van der Waals surface area contributed by atoms with Crippen LogP contribution in [0.15, 0.2) is 84.9 Å². The number of hydrogen-bond donors (Lipinski definition) is 2. The summed E-state index contributed by atoms with van der Waals surface area (Å²) in [6, 6.07) is 21.5. The number of aromatic carboxylic acids is 1. The average molecular weight is 493 g/mol. The van der Waals surface area contributed by atoms with Crippen molar-refractivity contribution in [2.75, 3.05) is 17.3 Å². The van der Waals surface area contributed by atoms with Crippen LogP contribution >= 0.6 is 11.6 Å². The molecule has 35 heavy (non-hydrogen) atoms. The van der Waals surface area contributed by atoms with Crippen molar-refractivity contribution in [3.8, 4) is 0 Å². The molecule has 0 aromatic heterocycles. The van der Waals surface area contributed by atoms with Crippen LogP contribution in [0.5, 0.6) is 0 Å². The molecule has 0 saturated carbocycles. The second-order valence-electron chi connectivity index (χ2n) is 7.73. The normalized spacial score (nSPS) is 10.6. The molecule has 0 aliphatic heterocycles. The van der Waals surface area contributed by atoms with Crippen LogP contribution in [0.25, 0.3) is 0 Å². The van der Waals surface area contributed by atoms with Gasteiger partial charge in [0.05, 0.1) is 11.3 Å². The Bertz CT molecular complexity index is 1410. The maximum absolute atomic E-state index is 13.7. The molecule has 0 saturated heterocycles. The zero-order valence-corrected chi connectivity index (χ0v) is 19.2. The highest BCUT2D eigenvalue weighted by Gasteiger charge is 2.19. The third-order valence-electron chi connectivity index (χ3n) is 5.42. The zero-order chi connectivity index (χ0) is 25.1. The molecule has 4 aromatic carbocycles. The standard InChI is InChI=1S/C27H19ClF2N2O3/c1-32(21-11-12-23(29)24(30)15-21)25-13-4-17(14-22(25)27(34)35)26(33)16-2-7-19(8-3-16)31-20-9-5-18(28)6-10-20/h2-15,31H,1H3,(H,34,35). The minimum absolute atomic E-state index is 0.149. The molecule has 0 radical (unpaired) electrons. The lowest BCUT2D eigenvalue weighted by molar-refractivity contribution is 0.0697. The third kappa shape index (κ3) is 5.31. The van der Waals surface area contributed by atoms with E-state index in [4.69, 9.17) is 11.6 Å². The van der Waals surface area contributed by atoms with Crippen molar-refractivity contribution in [1.29, 1.82) is 0 Å². The van der Waals surface area contributed by atoms with Crippen molar-refractivity contribution < 1.29 is 23.5 Å². The molecule has 0 bridgehead atoms. The van der Waals surface area contributed by atoms with E-state index in [0.717, 1.165) is 23.5 Å². The Morgan fingerprint density at radius 1 is 0.800 bits per heavy atom. The molecule has 0 atom stereocenters. The first-order chi connectivity index (χ1) is 16.7. The predicted octanol–water partition coefficient (Wildman–Crippen LogP) is 7.06. The highest BCUT2D eigenvalue weighted by Crippen LogP contribution is 2.30. The van der Waals surface area contributed by atoms with Gasteiger partial charge in [-0.25, -0.2) is 13.6 Å². The molecule has 5 nitrogen and oxygen atoms in total. The van der Waals surface area contributed by atoms with Gasteiger partial charge >= 0.3 is 5.97 Å². The van der Waals surface area contributed by atoms with Crippen molar-refractivity contribution in [3.05, 3.63) is 118 Å². The van der Waals surface area contributed by atoms with E-state index in [0.29, 0.717) is 10.6 Å². The van der Waals surface area contributed by atoms with Crippen LogP contribution < -0.4 is 10.2 Å². The van der Waals surface area contributed by atoms with Gasteiger partial charge in [0.2, 0.25) is 0 Å². The summed E-state index contributed by atoms with van der Waals surface area (Å²) in [7, 11) is 1.53. The van der Waals surface area contributed by atoms with Gasteiger partial charge in [-0.2, -0.15) is 0 Å². The maximum atomic E-state index is 13.7. The largest absolute Gasteiger partial charge is 0.478 e. The van der Waals surface area contributed by atoms with Crippen molar-refractivity contribution in [3.63, 3.8) is 0 Å². The van der Waals surface area contributed by atoms with Crippen molar-refractivity contribution in [2.24, 2.45) is 0 Å². The van der Waals surface area contributed by atoms with E-state index in [9.17, 15) is 23.5 Å². The van der Waals surface area contributed by atoms with E-state index in [2.05, 4.69) is 5.32 Å². The first kappa shape index (κ1) is 23.9. The van der Waals surface area contributed by atoms with Crippen molar-refractivity contribution in [2.45, 2.75) is 0 Å². The van der Waals surface area contributed by atoms with E-state index < -0.39 is 17.6 Å². The summed E-state index contributed by atoms with van der Waals surface area (Å²) in [5.41, 5.74) is 2.49. The van der Waals surface area contributed by atoms with Gasteiger partial charge in [-0.05, 0) is 78.9 Å². The SMILES string of the molecule is CN(c1ccc(F)c(F)c1)c1ccc(C(=O)c2ccc(Nc3ccc(Cl)cc3)cc2)cc1C(=O)O. The number of halogens is 3. The van der Waals surface area contributed by atoms with E-state index >= 15 is 0 Å². The summed E-state index contributed by atoms with van der Waals surface area (Å²) in [6.45, 7) is 0. The van der Waals surface area contributed by atoms with Gasteiger partial charge in [-0.3, -0.25) is 4.79 Å². The van der Waals surface area contributed by atoms with Crippen LogP contribution in [-0.2, 0) is 0 Å². The number of hydrogen-bond acceptors (Lipinski definition) is 4. The van der Waals surface area contributed by atoms with Crippen molar-refractivity contribution >= 4 is 46.1 Å². The smallest absolute Gasteiger partial charge is 0.337 e. The van der Waals surface area contributed by atoms with Gasteiger partial charge in [0, 0.05) is 46.3 Å². The van der Waals surface area contributed by atoms with E-state index in [1.54, 1.807) is 36.4 Å². The molecular weight excluding hydrogens is 474 g/mol. The predicted molar refractivity (Wildman–Crippen MR) is 132 cm³/mol. The number of carboxylic acid groups (broad SMARTS) is 1. The number of carbonyl (C=O) groups excluding carboxylic acids is 1. The summed E-state index contributed by atoms with van der Waals surface area (Å²) in [5.74, 6) is -3.66. The molecule has 0 heterocycles. The van der Waals surface area contributed by atoms with Gasteiger partial charge in [-0.15, -0.1) is 0 Å². The van der Waals surface area contributed by atoms with Crippen LogP contribution in [0, 0.1) is 11.6 Å². The van der Waals surface area contributed by atoms with Gasteiger partial charge < -0.3 is 15.3 Å². The molecule has 0 spiro atoms. The number of anilines is 4. The minimum atomic E-state index is -1.26. The van der Waals surface area contributed by atoms with Gasteiger partial charge in [0.15, 0.2) is 17.4 Å². The number of ketones is 1. The van der Waals surface area contributed by atoms with Crippen LogP contribution in [0.1, 0.15) is 26.3 Å². The first-order valence-corrected chi connectivity index (χ1v) is 10.8. The molecule has 0 fully saturated rings. The summed E-state index contributed by atoms with van der Waals surface area (Å²) < 4.78 is 27.0. The summed E-state index contributed by atoms with van der Waals surface area (Å²) >= 11 is 5.90. The van der Waals surface area contributed by atoms with Gasteiger partial charge in [0.1, 0.15) is 0 Å². The summed E-state index contributed by atoms with van der Waals surface area (Å²) in [5, 5.41) is 13.6. The van der Waals surface area contributed by atoms with Crippen LogP contribution in [0.3, 0.4) is 0 Å². The number of carboxylic acids is 1. The molecule has 0 aliphatic rings. The number of nitrogens with one attached hydrogen (secondary N) is 1. The van der Waals surface area contributed by atoms with Crippen LogP contribution in [0.2, 0.25) is 5.02 Å². The van der Waals surface area contributed by atoms with Gasteiger partial charge in [0.25, 0.3) is 0 Å². The third-order valence-corrected chi connectivity index (χ3v) is 5.67. The fourth-order valence-corrected chi connectivity index (χ4v) is 3.67. The Morgan fingerprint density at radius 2 is 1.40 bits per heavy atom. The quantitative estimate of drug-likeness (QED) is 0.270. The fraction of sp³-hybridized carbons (Fsp3) is 0.0370. The molecule has 0 aliphatic carbocycles. The van der Waals surface area contributed by atoms with Crippen molar-refractivity contribution in [1.82, 2.24) is 0 Å². The molecule has 0 amide bonds. The Morgan fingerprint density at radius 3 is 2.00 bits per heavy atom. The summed E-state index contributed by atoms with van der Waals surface area (Å²) in [6.07, 6.45) is 0. The number of rotatable bonds is 7. The second-order valence-corrected chi connectivity index (χ2v) is 8.17. The lowest BCUT2D eigenvalue weighted by Gasteiger charge is -2.22. The van der Waals surface area contributed by atoms with Crippen LogP contribution in [0.4, 0.5) is 31.5 Å². The lowest BCUT2D eigenvalue weighted by atomic mass is 9.99. The first-order valence-electron chi connectivity index (χ1n) is 10.5. The Kier molecular flexibility index (Phi) is 6.80. The second kappa shape index (κ2) is 9.95. The van der Waals surface area contributed by atoms with E-state index in [1.165, 1.54) is 36.2 Å². The topological polar surface area (TPSA) is 69.6 Å². The number of carbonyl (C=O) groups is 2. The Hall–Kier alpha value is -4.23. The molecule has 4 rings (SSSR count). The van der Waals surface area contributed by atoms with Crippen LogP contribution in [-0.4, -0.2) is 23.9 Å². The highest BCUT2D eigenvalue weighted by atomic mass is 35.5. The molecule has 8 heteroatoms. The monoisotopic (exact) mass is 492 g/mol. The average Bonchev–Trinajstić information content (AvgIpc) is 2.86. The minimum Gasteiger partial charge on any atom is -0.478 e. The molecule has 0 unspecified atom stereocenters.